The molecule has 0 aliphatic rings. The van der Waals surface area contributed by atoms with Crippen molar-refractivity contribution in [3.8, 4) is 0 Å². The zero-order valence-electron chi connectivity index (χ0n) is 17.2. The quantitative estimate of drug-likeness (QED) is 0.551. The molecular weight excluding hydrogens is 407 g/mol. The highest BCUT2D eigenvalue weighted by Gasteiger charge is 2.25. The molecular formula is C22H25FN2O6. The van der Waals surface area contributed by atoms with Crippen molar-refractivity contribution in [3.05, 3.63) is 71.8 Å². The van der Waals surface area contributed by atoms with Gasteiger partial charge in [0.25, 0.3) is 6.04 Å². The molecule has 0 fully saturated rings. The molecule has 2 rings (SSSR count). The number of carboxylic acid groups (broad SMARTS) is 1. The van der Waals surface area contributed by atoms with Crippen LogP contribution in [0.1, 0.15) is 25.0 Å². The lowest BCUT2D eigenvalue weighted by Gasteiger charge is -2.20. The van der Waals surface area contributed by atoms with Gasteiger partial charge in [-0.25, -0.2) is 4.79 Å². The number of nitrogens with one attached hydrogen (secondary N) is 2. The second-order valence-corrected chi connectivity index (χ2v) is 6.49. The van der Waals surface area contributed by atoms with Crippen molar-refractivity contribution in [1.29, 1.82) is 0 Å². The third-order valence-electron chi connectivity index (χ3n) is 3.83. The van der Waals surface area contributed by atoms with Crippen LogP contribution in [0.4, 0.5) is 9.18 Å². The van der Waals surface area contributed by atoms with E-state index >= 15 is 0 Å². The molecule has 2 amide bonds. The first-order chi connectivity index (χ1) is 14.7. The molecule has 0 aliphatic carbocycles. The van der Waals surface area contributed by atoms with Crippen molar-refractivity contribution < 1.29 is 33.4 Å². The standard InChI is InChI=1S/C20H22N2O5.C2H3FO/c1-14(19(24)25)21-18(23)17(12-15-8-4-2-5-9-15)22-20(26)27-13-16-10-6-3-7-11-16;1-2(3)4/h2-11,14,17H,12-13H2,1H3,(H,21,23)(H,22,26)(H,24,25);1H3/t14-,17-;/m0./s1. The van der Waals surface area contributed by atoms with Gasteiger partial charge in [-0.05, 0) is 18.1 Å². The molecule has 3 N–H and O–H groups in total. The summed E-state index contributed by atoms with van der Waals surface area (Å²) in [5.41, 5.74) is 1.64. The number of amides is 2. The van der Waals surface area contributed by atoms with Crippen LogP contribution in [0.3, 0.4) is 0 Å². The summed E-state index contributed by atoms with van der Waals surface area (Å²) >= 11 is 0. The van der Waals surface area contributed by atoms with Crippen molar-refractivity contribution in [2.24, 2.45) is 0 Å². The molecule has 2 aromatic carbocycles. The highest BCUT2D eigenvalue weighted by atomic mass is 19.1. The van der Waals surface area contributed by atoms with Gasteiger partial charge in [0.1, 0.15) is 18.7 Å². The first-order valence-electron chi connectivity index (χ1n) is 9.39. The fraction of sp³-hybridized carbons (Fsp3) is 0.273. The van der Waals surface area contributed by atoms with E-state index in [1.165, 1.54) is 6.92 Å². The van der Waals surface area contributed by atoms with Crippen LogP contribution in [0.25, 0.3) is 0 Å². The lowest BCUT2D eigenvalue weighted by atomic mass is 10.1. The molecule has 31 heavy (non-hydrogen) atoms. The van der Waals surface area contributed by atoms with Gasteiger partial charge in [-0.1, -0.05) is 60.7 Å². The average Bonchev–Trinajstić information content (AvgIpc) is 2.72. The number of rotatable bonds is 8. The summed E-state index contributed by atoms with van der Waals surface area (Å²) < 4.78 is 15.5. The second-order valence-electron chi connectivity index (χ2n) is 6.49. The number of hydrogen-bond donors (Lipinski definition) is 3. The Kier molecular flexibility index (Phi) is 11.0. The van der Waals surface area contributed by atoms with E-state index in [9.17, 15) is 18.8 Å². The number of benzene rings is 2. The van der Waals surface area contributed by atoms with E-state index in [0.717, 1.165) is 18.1 Å². The second kappa shape index (κ2) is 13.5. The molecule has 0 unspecified atom stereocenters. The molecule has 0 saturated heterocycles. The van der Waals surface area contributed by atoms with Crippen LogP contribution in [-0.4, -0.2) is 41.2 Å². The van der Waals surface area contributed by atoms with Crippen LogP contribution in [0.2, 0.25) is 0 Å². The maximum absolute atomic E-state index is 12.4. The molecule has 0 aliphatic heterocycles. The topological polar surface area (TPSA) is 122 Å². The summed E-state index contributed by atoms with van der Waals surface area (Å²) in [6.45, 7) is 2.28. The monoisotopic (exact) mass is 432 g/mol. The molecule has 8 nitrogen and oxygen atoms in total. The van der Waals surface area contributed by atoms with Gasteiger partial charge in [0, 0.05) is 13.3 Å². The summed E-state index contributed by atoms with van der Waals surface area (Å²) in [6, 6.07) is 14.9. The highest BCUT2D eigenvalue weighted by Crippen LogP contribution is 2.06. The Hall–Kier alpha value is -3.75. The fourth-order valence-electron chi connectivity index (χ4n) is 2.34. The van der Waals surface area contributed by atoms with Gasteiger partial charge < -0.3 is 20.5 Å². The van der Waals surface area contributed by atoms with Gasteiger partial charge >= 0.3 is 12.1 Å². The smallest absolute Gasteiger partial charge is 0.408 e. The molecule has 0 heterocycles. The van der Waals surface area contributed by atoms with Crippen LogP contribution in [0, 0.1) is 0 Å². The molecule has 0 radical (unpaired) electrons. The minimum Gasteiger partial charge on any atom is -0.480 e. The van der Waals surface area contributed by atoms with E-state index in [-0.39, 0.29) is 13.0 Å². The normalized spacial score (nSPS) is 11.7. The van der Waals surface area contributed by atoms with Crippen molar-refractivity contribution in [3.63, 3.8) is 0 Å². The van der Waals surface area contributed by atoms with Gasteiger partial charge in [-0.15, -0.1) is 0 Å². The van der Waals surface area contributed by atoms with E-state index in [2.05, 4.69) is 10.6 Å². The van der Waals surface area contributed by atoms with Crippen molar-refractivity contribution >= 4 is 24.0 Å². The number of carbonyl (C=O) groups is 4. The maximum atomic E-state index is 12.4. The first kappa shape index (κ1) is 25.3. The summed E-state index contributed by atoms with van der Waals surface area (Å²) in [5.74, 6) is -1.75. The van der Waals surface area contributed by atoms with Crippen molar-refractivity contribution in [1.82, 2.24) is 10.6 Å². The van der Waals surface area contributed by atoms with Gasteiger partial charge in [-0.3, -0.25) is 14.4 Å². The predicted octanol–water partition coefficient (Wildman–Crippen LogP) is 2.62. The number of alkyl carbamates (subject to hydrolysis) is 1. The molecule has 2 aromatic rings. The van der Waals surface area contributed by atoms with E-state index in [0.29, 0.717) is 0 Å². The molecule has 2 atom stereocenters. The lowest BCUT2D eigenvalue weighted by Crippen LogP contribution is -2.51. The number of carbonyl (C=O) groups excluding carboxylic acids is 3. The average molecular weight is 432 g/mol. The Morgan fingerprint density at radius 2 is 1.42 bits per heavy atom. The summed E-state index contributed by atoms with van der Waals surface area (Å²) in [7, 11) is 0. The lowest BCUT2D eigenvalue weighted by molar-refractivity contribution is -0.141. The zero-order valence-corrected chi connectivity index (χ0v) is 17.2. The van der Waals surface area contributed by atoms with E-state index in [1.54, 1.807) is 0 Å². The Bertz CT molecular complexity index is 857. The number of hydrogen-bond acceptors (Lipinski definition) is 5. The number of carboxylic acids is 1. The third-order valence-corrected chi connectivity index (χ3v) is 3.83. The summed E-state index contributed by atoms with van der Waals surface area (Å²) in [5, 5.41) is 13.9. The van der Waals surface area contributed by atoms with Crippen molar-refractivity contribution in [2.75, 3.05) is 0 Å². The Morgan fingerprint density at radius 3 is 1.90 bits per heavy atom. The van der Waals surface area contributed by atoms with Gasteiger partial charge in [0.15, 0.2) is 0 Å². The van der Waals surface area contributed by atoms with Crippen molar-refractivity contribution in [2.45, 2.75) is 39.0 Å². The van der Waals surface area contributed by atoms with E-state index < -0.39 is 36.1 Å². The largest absolute Gasteiger partial charge is 0.480 e. The molecule has 0 aromatic heterocycles. The Labute approximate surface area is 179 Å². The minimum atomic E-state index is -1.33. The van der Waals surface area contributed by atoms with Crippen LogP contribution in [-0.2, 0) is 32.1 Å². The van der Waals surface area contributed by atoms with Gasteiger partial charge in [0.2, 0.25) is 5.91 Å². The van der Waals surface area contributed by atoms with Crippen LogP contribution in [0.5, 0.6) is 0 Å². The first-order valence-corrected chi connectivity index (χ1v) is 9.39. The van der Waals surface area contributed by atoms with Crippen LogP contribution >= 0.6 is 0 Å². The number of aliphatic carboxylic acids is 1. The summed E-state index contributed by atoms with van der Waals surface area (Å²) in [4.78, 5) is 44.3. The molecule has 0 bridgehead atoms. The minimum absolute atomic E-state index is 0.0673. The molecule has 0 saturated carbocycles. The SMILES string of the molecule is CC(=O)F.C[C@H](NC(=O)[C@H](Cc1ccccc1)NC(=O)OCc1ccccc1)C(=O)O. The number of ether oxygens (including phenoxy) is 1. The number of halogens is 1. The maximum Gasteiger partial charge on any atom is 0.408 e. The third kappa shape index (κ3) is 11.1. The fourth-order valence-corrected chi connectivity index (χ4v) is 2.34. The van der Waals surface area contributed by atoms with Crippen LogP contribution in [0.15, 0.2) is 60.7 Å². The predicted molar refractivity (Wildman–Crippen MR) is 111 cm³/mol. The Balaban J connectivity index is 0.00000110. The Morgan fingerprint density at radius 1 is 0.935 bits per heavy atom. The van der Waals surface area contributed by atoms with Gasteiger partial charge in [0.05, 0.1) is 0 Å². The zero-order chi connectivity index (χ0) is 23.2. The van der Waals surface area contributed by atoms with Gasteiger partial charge in [-0.2, -0.15) is 4.39 Å². The molecule has 0 spiro atoms. The highest BCUT2D eigenvalue weighted by molar-refractivity contribution is 5.89. The van der Waals surface area contributed by atoms with E-state index in [4.69, 9.17) is 14.6 Å². The van der Waals surface area contributed by atoms with E-state index in [1.807, 2.05) is 60.7 Å². The molecule has 9 heteroatoms. The van der Waals surface area contributed by atoms with Crippen LogP contribution < -0.4 is 10.6 Å². The molecule has 166 valence electrons. The summed E-state index contributed by atoms with van der Waals surface area (Å²) in [6.07, 6.45) is -0.544.